The van der Waals surface area contributed by atoms with Crippen molar-refractivity contribution in [3.63, 3.8) is 0 Å². The van der Waals surface area contributed by atoms with E-state index in [0.717, 1.165) is 29.7 Å². The van der Waals surface area contributed by atoms with Gasteiger partial charge >= 0.3 is 0 Å². The van der Waals surface area contributed by atoms with Crippen molar-refractivity contribution >= 4 is 31.7 Å². The van der Waals surface area contributed by atoms with Crippen molar-refractivity contribution in [2.45, 2.75) is 37.1 Å². The van der Waals surface area contributed by atoms with Gasteiger partial charge in [-0.2, -0.15) is 4.98 Å². The molecule has 170 valence electrons. The number of hydrogen-bond acceptors (Lipinski definition) is 6. The van der Waals surface area contributed by atoms with E-state index in [9.17, 15) is 8.42 Å². The second kappa shape index (κ2) is 9.27. The summed E-state index contributed by atoms with van der Waals surface area (Å²) < 4.78 is 39.6. The lowest BCUT2D eigenvalue weighted by atomic mass is 9.92. The molecule has 0 N–H and O–H groups in total. The molecule has 1 fully saturated rings. The van der Waals surface area contributed by atoms with Crippen molar-refractivity contribution in [2.24, 2.45) is 11.8 Å². The van der Waals surface area contributed by atoms with Crippen LogP contribution in [0, 0.1) is 11.8 Å². The Balaban J connectivity index is 1.80. The first kappa shape index (κ1) is 22.9. The predicted molar refractivity (Wildman–Crippen MR) is 128 cm³/mol. The van der Waals surface area contributed by atoms with E-state index >= 15 is 0 Å². The highest BCUT2D eigenvalue weighted by Crippen LogP contribution is 2.37. The van der Waals surface area contributed by atoms with Crippen LogP contribution in [0.25, 0.3) is 11.5 Å². The normalized spacial score (nSPS) is 19.2. The molecular formula is C24H27BrN2O4S. The van der Waals surface area contributed by atoms with E-state index in [4.69, 9.17) is 9.15 Å². The number of oxazole rings is 1. The van der Waals surface area contributed by atoms with Crippen molar-refractivity contribution in [2.75, 3.05) is 24.6 Å². The summed E-state index contributed by atoms with van der Waals surface area (Å²) in [5.74, 6) is 2.20. The number of piperidine rings is 1. The first-order chi connectivity index (χ1) is 15.3. The summed E-state index contributed by atoms with van der Waals surface area (Å²) in [4.78, 5) is 6.71. The minimum atomic E-state index is -3.87. The van der Waals surface area contributed by atoms with Gasteiger partial charge in [-0.1, -0.05) is 29.8 Å². The topological polar surface area (TPSA) is 72.6 Å². The summed E-state index contributed by atoms with van der Waals surface area (Å²) >= 11 is 3.36. The standard InChI is InChI=1S/C24H27BrN2O4S/c1-4-30-20-9-5-18(6-10-20)22-26-23(32(28,29)21-11-7-19(25)8-12-21)24(31-22)27-14-16(2)13-17(3)15-27/h5-12,16-17H,4,13-15H2,1-3H3. The predicted octanol–water partition coefficient (Wildman–Crippen LogP) is 5.82. The smallest absolute Gasteiger partial charge is 0.236 e. The molecule has 1 aliphatic heterocycles. The molecule has 8 heteroatoms. The van der Waals surface area contributed by atoms with Crippen LogP contribution >= 0.6 is 15.9 Å². The maximum Gasteiger partial charge on any atom is 0.236 e. The van der Waals surface area contributed by atoms with Crippen molar-refractivity contribution in [1.82, 2.24) is 4.98 Å². The van der Waals surface area contributed by atoms with Gasteiger partial charge < -0.3 is 14.1 Å². The molecule has 0 amide bonds. The van der Waals surface area contributed by atoms with Crippen molar-refractivity contribution in [3.05, 3.63) is 53.0 Å². The molecule has 1 saturated heterocycles. The number of halogens is 1. The number of aromatic nitrogens is 1. The molecule has 0 spiro atoms. The van der Waals surface area contributed by atoms with E-state index in [0.29, 0.717) is 29.9 Å². The van der Waals surface area contributed by atoms with Crippen LogP contribution in [0.5, 0.6) is 5.75 Å². The summed E-state index contributed by atoms with van der Waals surface area (Å²) in [5.41, 5.74) is 0.699. The highest BCUT2D eigenvalue weighted by atomic mass is 79.9. The maximum absolute atomic E-state index is 13.6. The van der Waals surface area contributed by atoms with Crippen LogP contribution in [0.1, 0.15) is 27.2 Å². The van der Waals surface area contributed by atoms with E-state index < -0.39 is 9.84 Å². The van der Waals surface area contributed by atoms with Crippen LogP contribution in [0.4, 0.5) is 5.88 Å². The number of ether oxygens (including phenoxy) is 1. The largest absolute Gasteiger partial charge is 0.494 e. The Hall–Kier alpha value is -2.32. The quantitative estimate of drug-likeness (QED) is 0.409. The molecule has 2 unspecified atom stereocenters. The van der Waals surface area contributed by atoms with Gasteiger partial charge in [-0.05, 0) is 73.7 Å². The summed E-state index contributed by atoms with van der Waals surface area (Å²) in [7, 11) is -3.87. The maximum atomic E-state index is 13.6. The number of hydrogen-bond donors (Lipinski definition) is 0. The molecule has 2 atom stereocenters. The number of nitrogens with zero attached hydrogens (tertiary/aromatic N) is 2. The molecule has 32 heavy (non-hydrogen) atoms. The second-order valence-electron chi connectivity index (χ2n) is 8.40. The van der Waals surface area contributed by atoms with Gasteiger partial charge in [0.25, 0.3) is 0 Å². The molecule has 4 rings (SSSR count). The van der Waals surface area contributed by atoms with Gasteiger partial charge in [-0.3, -0.25) is 0 Å². The van der Waals surface area contributed by atoms with Gasteiger partial charge in [0.05, 0.1) is 11.5 Å². The molecule has 3 aromatic rings. The van der Waals surface area contributed by atoms with E-state index in [1.54, 1.807) is 24.3 Å². The van der Waals surface area contributed by atoms with Crippen LogP contribution in [0.15, 0.2) is 67.3 Å². The first-order valence-corrected chi connectivity index (χ1v) is 13.0. The third-order valence-corrected chi connectivity index (χ3v) is 7.72. The first-order valence-electron chi connectivity index (χ1n) is 10.8. The molecule has 1 aromatic heterocycles. The molecule has 0 aliphatic carbocycles. The van der Waals surface area contributed by atoms with E-state index in [-0.39, 0.29) is 15.8 Å². The van der Waals surface area contributed by atoms with Gasteiger partial charge in [-0.25, -0.2) is 8.42 Å². The molecule has 0 radical (unpaired) electrons. The van der Waals surface area contributed by atoms with Crippen LogP contribution < -0.4 is 9.64 Å². The second-order valence-corrected chi connectivity index (χ2v) is 11.2. The van der Waals surface area contributed by atoms with Gasteiger partial charge in [0.1, 0.15) is 5.75 Å². The average molecular weight is 519 g/mol. The summed E-state index contributed by atoms with van der Waals surface area (Å²) in [6.07, 6.45) is 1.10. The zero-order valence-electron chi connectivity index (χ0n) is 18.4. The van der Waals surface area contributed by atoms with Crippen LogP contribution in [-0.2, 0) is 9.84 Å². The van der Waals surface area contributed by atoms with Crippen LogP contribution in [-0.4, -0.2) is 33.1 Å². The van der Waals surface area contributed by atoms with E-state index in [1.807, 2.05) is 36.1 Å². The Morgan fingerprint density at radius 3 is 2.28 bits per heavy atom. The zero-order valence-corrected chi connectivity index (χ0v) is 20.8. The highest BCUT2D eigenvalue weighted by Gasteiger charge is 2.34. The Bertz CT molecular complexity index is 1160. The van der Waals surface area contributed by atoms with Gasteiger partial charge in [0.2, 0.25) is 26.6 Å². The lowest BCUT2D eigenvalue weighted by Gasteiger charge is -2.34. The van der Waals surface area contributed by atoms with Gasteiger partial charge in [-0.15, -0.1) is 0 Å². The lowest BCUT2D eigenvalue weighted by molar-refractivity contribution is 0.340. The molecule has 1 aliphatic rings. The summed E-state index contributed by atoms with van der Waals surface area (Å²) in [6, 6.07) is 13.9. The Morgan fingerprint density at radius 2 is 1.69 bits per heavy atom. The van der Waals surface area contributed by atoms with Gasteiger partial charge in [0, 0.05) is 23.1 Å². The van der Waals surface area contributed by atoms with Crippen LogP contribution in [0.2, 0.25) is 0 Å². The fourth-order valence-electron chi connectivity index (χ4n) is 4.21. The van der Waals surface area contributed by atoms with Crippen LogP contribution in [0.3, 0.4) is 0 Å². The van der Waals surface area contributed by atoms with Gasteiger partial charge in [0.15, 0.2) is 0 Å². The lowest BCUT2D eigenvalue weighted by Crippen LogP contribution is -2.39. The minimum Gasteiger partial charge on any atom is -0.494 e. The molecule has 6 nitrogen and oxygen atoms in total. The third-order valence-electron chi connectivity index (χ3n) is 5.53. The number of sulfone groups is 1. The van der Waals surface area contributed by atoms with Crippen molar-refractivity contribution in [1.29, 1.82) is 0 Å². The van der Waals surface area contributed by atoms with E-state index in [1.165, 1.54) is 0 Å². The molecule has 2 heterocycles. The van der Waals surface area contributed by atoms with Crippen molar-refractivity contribution in [3.8, 4) is 17.2 Å². The number of rotatable bonds is 6. The summed E-state index contributed by atoms with van der Waals surface area (Å²) in [5, 5.41) is -0.0370. The fraction of sp³-hybridized carbons (Fsp3) is 0.375. The zero-order chi connectivity index (χ0) is 22.9. The Labute approximate surface area is 197 Å². The SMILES string of the molecule is CCOc1ccc(-c2nc(S(=O)(=O)c3ccc(Br)cc3)c(N3CC(C)CC(C)C3)o2)cc1. The fourth-order valence-corrected chi connectivity index (χ4v) is 5.80. The molecule has 0 bridgehead atoms. The third kappa shape index (κ3) is 4.71. The molecule has 2 aromatic carbocycles. The number of benzene rings is 2. The minimum absolute atomic E-state index is 0.0370. The summed E-state index contributed by atoms with van der Waals surface area (Å²) in [6.45, 7) is 8.30. The highest BCUT2D eigenvalue weighted by molar-refractivity contribution is 9.10. The average Bonchev–Trinajstić information content (AvgIpc) is 3.21. The monoisotopic (exact) mass is 518 g/mol. The Morgan fingerprint density at radius 1 is 1.06 bits per heavy atom. The van der Waals surface area contributed by atoms with E-state index in [2.05, 4.69) is 34.8 Å². The van der Waals surface area contributed by atoms with Crippen molar-refractivity contribution < 1.29 is 17.6 Å². The molecule has 0 saturated carbocycles. The Kier molecular flexibility index (Phi) is 6.62. The molecular weight excluding hydrogens is 492 g/mol. The number of anilines is 1.